The van der Waals surface area contributed by atoms with Gasteiger partial charge in [-0.3, -0.25) is 4.79 Å². The fourth-order valence-electron chi connectivity index (χ4n) is 2.48. The lowest BCUT2D eigenvalue weighted by Crippen LogP contribution is -2.51. The third-order valence-corrected chi connectivity index (χ3v) is 3.84. The van der Waals surface area contributed by atoms with Gasteiger partial charge in [-0.2, -0.15) is 0 Å². The van der Waals surface area contributed by atoms with Crippen molar-refractivity contribution in [1.82, 2.24) is 10.6 Å². The number of carbonyl (C=O) groups excluding carboxylic acids is 1. The summed E-state index contributed by atoms with van der Waals surface area (Å²) in [6.45, 7) is 4.60. The van der Waals surface area contributed by atoms with Crippen LogP contribution in [-0.2, 0) is 4.79 Å². The Labute approximate surface area is 104 Å². The van der Waals surface area contributed by atoms with E-state index in [-0.39, 0.29) is 24.1 Å². The maximum atomic E-state index is 11.7. The normalized spacial score (nSPS) is 18.6. The van der Waals surface area contributed by atoms with Crippen molar-refractivity contribution in [2.75, 3.05) is 13.2 Å². The minimum atomic E-state index is -0.203. The number of amides is 1. The predicted octanol–water partition coefficient (Wildman–Crippen LogP) is 1.19. The molecule has 0 unspecified atom stereocenters. The van der Waals surface area contributed by atoms with Gasteiger partial charge in [0.05, 0.1) is 13.2 Å². The Bertz CT molecular complexity index is 234. The molecule has 1 aliphatic rings. The van der Waals surface area contributed by atoms with Crippen LogP contribution in [0.4, 0.5) is 0 Å². The van der Waals surface area contributed by atoms with Gasteiger partial charge >= 0.3 is 0 Å². The number of aliphatic hydroxyl groups is 1. The molecule has 0 heterocycles. The van der Waals surface area contributed by atoms with E-state index >= 15 is 0 Å². The van der Waals surface area contributed by atoms with Gasteiger partial charge < -0.3 is 15.7 Å². The molecule has 1 aliphatic carbocycles. The Hall–Kier alpha value is -0.610. The molecular formula is C13H26N2O2. The number of rotatable bonds is 7. The zero-order chi connectivity index (χ0) is 12.7. The second kappa shape index (κ2) is 6.97. The van der Waals surface area contributed by atoms with E-state index in [0.29, 0.717) is 6.54 Å². The summed E-state index contributed by atoms with van der Waals surface area (Å²) in [6, 6.07) is 0.276. The monoisotopic (exact) mass is 242 g/mol. The molecule has 4 heteroatoms. The maximum absolute atomic E-state index is 11.7. The van der Waals surface area contributed by atoms with Gasteiger partial charge in [0.2, 0.25) is 5.91 Å². The summed E-state index contributed by atoms with van der Waals surface area (Å²) in [6.07, 6.45) is 6.16. The van der Waals surface area contributed by atoms with Gasteiger partial charge in [-0.25, -0.2) is 0 Å². The number of hydrogen-bond donors (Lipinski definition) is 3. The molecule has 0 aromatic heterocycles. The summed E-state index contributed by atoms with van der Waals surface area (Å²) < 4.78 is 0. The van der Waals surface area contributed by atoms with Crippen LogP contribution >= 0.6 is 0 Å². The van der Waals surface area contributed by atoms with Crippen molar-refractivity contribution >= 4 is 5.91 Å². The van der Waals surface area contributed by atoms with E-state index in [9.17, 15) is 9.90 Å². The van der Waals surface area contributed by atoms with Crippen LogP contribution in [0.5, 0.6) is 0 Å². The number of carbonyl (C=O) groups is 1. The third kappa shape index (κ3) is 4.28. The molecular weight excluding hydrogens is 216 g/mol. The smallest absolute Gasteiger partial charge is 0.234 e. The standard InChI is InChI=1S/C13H26N2O2/c1-3-11(4-2)15-12(17)9-14-13(10-16)7-5-6-8-13/h11,14,16H,3-10H2,1-2H3,(H,15,17). The fraction of sp³-hybridized carbons (Fsp3) is 0.923. The highest BCUT2D eigenvalue weighted by Crippen LogP contribution is 2.28. The van der Waals surface area contributed by atoms with E-state index in [1.54, 1.807) is 0 Å². The highest BCUT2D eigenvalue weighted by molar-refractivity contribution is 5.78. The molecule has 0 spiro atoms. The van der Waals surface area contributed by atoms with Crippen LogP contribution in [-0.4, -0.2) is 35.7 Å². The van der Waals surface area contributed by atoms with E-state index in [1.807, 2.05) is 0 Å². The lowest BCUT2D eigenvalue weighted by molar-refractivity contribution is -0.121. The summed E-state index contributed by atoms with van der Waals surface area (Å²) >= 11 is 0. The molecule has 0 radical (unpaired) electrons. The fourth-order valence-corrected chi connectivity index (χ4v) is 2.48. The van der Waals surface area contributed by atoms with Crippen molar-refractivity contribution in [3.63, 3.8) is 0 Å². The first kappa shape index (κ1) is 14.5. The highest BCUT2D eigenvalue weighted by Gasteiger charge is 2.32. The molecule has 0 atom stereocenters. The van der Waals surface area contributed by atoms with Crippen LogP contribution in [0.1, 0.15) is 52.4 Å². The first-order valence-corrected chi connectivity index (χ1v) is 6.81. The molecule has 100 valence electrons. The largest absolute Gasteiger partial charge is 0.394 e. The van der Waals surface area contributed by atoms with E-state index < -0.39 is 0 Å². The van der Waals surface area contributed by atoms with Gasteiger partial charge in [-0.05, 0) is 25.7 Å². The van der Waals surface area contributed by atoms with Gasteiger partial charge in [0, 0.05) is 11.6 Å². The van der Waals surface area contributed by atoms with Crippen LogP contribution in [0.3, 0.4) is 0 Å². The first-order valence-electron chi connectivity index (χ1n) is 6.81. The second-order valence-corrected chi connectivity index (χ2v) is 5.08. The minimum absolute atomic E-state index is 0.0402. The van der Waals surface area contributed by atoms with E-state index in [4.69, 9.17) is 0 Å². The van der Waals surface area contributed by atoms with Gasteiger partial charge in [0.1, 0.15) is 0 Å². The Morgan fingerprint density at radius 3 is 2.35 bits per heavy atom. The zero-order valence-electron chi connectivity index (χ0n) is 11.1. The lowest BCUT2D eigenvalue weighted by atomic mass is 9.99. The van der Waals surface area contributed by atoms with Crippen molar-refractivity contribution in [2.45, 2.75) is 64.0 Å². The van der Waals surface area contributed by atoms with Gasteiger partial charge in [-0.15, -0.1) is 0 Å². The van der Waals surface area contributed by atoms with Crippen molar-refractivity contribution in [3.05, 3.63) is 0 Å². The summed E-state index contributed by atoms with van der Waals surface area (Å²) in [4.78, 5) is 11.7. The van der Waals surface area contributed by atoms with E-state index in [2.05, 4.69) is 24.5 Å². The van der Waals surface area contributed by atoms with Crippen LogP contribution in [0, 0.1) is 0 Å². The summed E-state index contributed by atoms with van der Waals surface area (Å²) in [7, 11) is 0. The van der Waals surface area contributed by atoms with Crippen LogP contribution in [0.25, 0.3) is 0 Å². The SMILES string of the molecule is CCC(CC)NC(=O)CNC1(CO)CCCC1. The number of hydrogen-bond acceptors (Lipinski definition) is 3. The molecule has 0 aromatic rings. The molecule has 3 N–H and O–H groups in total. The van der Waals surface area contributed by atoms with Crippen LogP contribution in [0.2, 0.25) is 0 Å². The van der Waals surface area contributed by atoms with Crippen LogP contribution in [0.15, 0.2) is 0 Å². The quantitative estimate of drug-likeness (QED) is 0.628. The Morgan fingerprint density at radius 1 is 1.29 bits per heavy atom. The lowest BCUT2D eigenvalue weighted by Gasteiger charge is -2.28. The summed E-state index contributed by atoms with van der Waals surface area (Å²) in [5.41, 5.74) is -0.203. The Morgan fingerprint density at radius 2 is 1.88 bits per heavy atom. The van der Waals surface area contributed by atoms with Crippen LogP contribution < -0.4 is 10.6 Å². The molecule has 1 fully saturated rings. The molecule has 1 amide bonds. The molecule has 4 nitrogen and oxygen atoms in total. The predicted molar refractivity (Wildman–Crippen MR) is 68.8 cm³/mol. The first-order chi connectivity index (χ1) is 8.15. The van der Waals surface area contributed by atoms with Gasteiger partial charge in [0.25, 0.3) is 0 Å². The third-order valence-electron chi connectivity index (χ3n) is 3.84. The van der Waals surface area contributed by atoms with Crippen molar-refractivity contribution < 1.29 is 9.90 Å². The van der Waals surface area contributed by atoms with Gasteiger partial charge in [0.15, 0.2) is 0 Å². The van der Waals surface area contributed by atoms with Crippen molar-refractivity contribution in [1.29, 1.82) is 0 Å². The average Bonchev–Trinajstić information content (AvgIpc) is 2.83. The molecule has 0 aromatic carbocycles. The van der Waals surface area contributed by atoms with Crippen molar-refractivity contribution in [3.8, 4) is 0 Å². The topological polar surface area (TPSA) is 61.4 Å². The van der Waals surface area contributed by atoms with E-state index in [1.165, 1.54) is 0 Å². The summed E-state index contributed by atoms with van der Waals surface area (Å²) in [5, 5.41) is 15.6. The molecule has 1 rings (SSSR count). The molecule has 1 saturated carbocycles. The second-order valence-electron chi connectivity index (χ2n) is 5.08. The molecule has 0 aliphatic heterocycles. The van der Waals surface area contributed by atoms with Crippen molar-refractivity contribution in [2.24, 2.45) is 0 Å². The minimum Gasteiger partial charge on any atom is -0.394 e. The molecule has 17 heavy (non-hydrogen) atoms. The number of aliphatic hydroxyl groups excluding tert-OH is 1. The average molecular weight is 242 g/mol. The molecule has 0 saturated heterocycles. The molecule has 0 bridgehead atoms. The summed E-state index contributed by atoms with van der Waals surface area (Å²) in [5.74, 6) is 0.0402. The van der Waals surface area contributed by atoms with Gasteiger partial charge in [-0.1, -0.05) is 26.7 Å². The Balaban J connectivity index is 2.31. The Kier molecular flexibility index (Phi) is 5.92. The highest BCUT2D eigenvalue weighted by atomic mass is 16.3. The zero-order valence-corrected chi connectivity index (χ0v) is 11.1. The number of nitrogens with one attached hydrogen (secondary N) is 2. The maximum Gasteiger partial charge on any atom is 0.234 e. The van der Waals surface area contributed by atoms with E-state index in [0.717, 1.165) is 38.5 Å².